The fourth-order valence-corrected chi connectivity index (χ4v) is 2.07. The quantitative estimate of drug-likeness (QED) is 0.863. The van der Waals surface area contributed by atoms with Crippen molar-refractivity contribution in [1.29, 1.82) is 5.26 Å². The molecule has 0 aromatic heterocycles. The predicted octanol–water partition coefficient (Wildman–Crippen LogP) is 1.86. The lowest BCUT2D eigenvalue weighted by atomic mass is 9.94. The highest BCUT2D eigenvalue weighted by Crippen LogP contribution is 2.19. The van der Waals surface area contributed by atoms with Gasteiger partial charge in [-0.15, -0.1) is 0 Å². The molecule has 0 saturated carbocycles. The first-order valence-electron chi connectivity index (χ1n) is 6.03. The lowest BCUT2D eigenvalue weighted by molar-refractivity contribution is 0.0272. The van der Waals surface area contributed by atoms with Gasteiger partial charge < -0.3 is 10.1 Å². The normalized spacial score (nSPS) is 23.1. The summed E-state index contributed by atoms with van der Waals surface area (Å²) in [4.78, 5) is 12.1. The van der Waals surface area contributed by atoms with E-state index in [1.165, 1.54) is 0 Å². The second-order valence-electron chi connectivity index (χ2n) is 4.86. The maximum absolute atomic E-state index is 12.1. The highest BCUT2D eigenvalue weighted by molar-refractivity contribution is 5.94. The van der Waals surface area contributed by atoms with Gasteiger partial charge in [-0.3, -0.25) is 4.79 Å². The maximum atomic E-state index is 12.1. The first-order valence-corrected chi connectivity index (χ1v) is 6.03. The first-order chi connectivity index (χ1) is 8.63. The Balaban J connectivity index is 2.04. The van der Waals surface area contributed by atoms with Crippen molar-refractivity contribution in [2.24, 2.45) is 0 Å². The standard InChI is InChI=1S/C14H16N2O2/c1-14(7-2-8-18-10-14)16-13(17)12-5-3-11(9-15)4-6-12/h3-6H,2,7-8,10H2,1H3,(H,16,17). The summed E-state index contributed by atoms with van der Waals surface area (Å²) in [7, 11) is 0. The Bertz CT molecular complexity index is 468. The zero-order valence-corrected chi connectivity index (χ0v) is 10.4. The molecule has 0 aliphatic carbocycles. The van der Waals surface area contributed by atoms with E-state index in [4.69, 9.17) is 10.00 Å². The maximum Gasteiger partial charge on any atom is 0.251 e. The van der Waals surface area contributed by atoms with Gasteiger partial charge in [0.25, 0.3) is 5.91 Å². The highest BCUT2D eigenvalue weighted by atomic mass is 16.5. The minimum atomic E-state index is -0.288. The smallest absolute Gasteiger partial charge is 0.251 e. The topological polar surface area (TPSA) is 62.1 Å². The SMILES string of the molecule is CC1(NC(=O)c2ccc(C#N)cc2)CCCOC1. The number of hydrogen-bond acceptors (Lipinski definition) is 3. The van der Waals surface area contributed by atoms with Crippen LogP contribution in [0.1, 0.15) is 35.7 Å². The molecule has 18 heavy (non-hydrogen) atoms. The molecule has 1 unspecified atom stereocenters. The van der Waals surface area contributed by atoms with Crippen molar-refractivity contribution in [3.63, 3.8) is 0 Å². The molecule has 0 radical (unpaired) electrons. The van der Waals surface area contributed by atoms with Crippen LogP contribution in [-0.2, 0) is 4.74 Å². The Morgan fingerprint density at radius 3 is 2.72 bits per heavy atom. The number of hydrogen-bond donors (Lipinski definition) is 1. The number of carbonyl (C=O) groups is 1. The molecule has 2 rings (SSSR count). The first kappa shape index (κ1) is 12.6. The highest BCUT2D eigenvalue weighted by Gasteiger charge is 2.29. The number of rotatable bonds is 2. The van der Waals surface area contributed by atoms with Gasteiger partial charge in [0.05, 0.1) is 23.8 Å². The molecule has 4 heteroatoms. The molecular weight excluding hydrogens is 228 g/mol. The Kier molecular flexibility index (Phi) is 3.63. The van der Waals surface area contributed by atoms with Crippen LogP contribution in [0.5, 0.6) is 0 Å². The second kappa shape index (κ2) is 5.19. The summed E-state index contributed by atoms with van der Waals surface area (Å²) in [5, 5.41) is 11.7. The number of benzene rings is 1. The van der Waals surface area contributed by atoms with Gasteiger partial charge in [0.15, 0.2) is 0 Å². The number of amides is 1. The van der Waals surface area contributed by atoms with Gasteiger partial charge in [0.1, 0.15) is 0 Å². The molecule has 1 saturated heterocycles. The summed E-state index contributed by atoms with van der Waals surface area (Å²) in [6.45, 7) is 3.31. The van der Waals surface area contributed by atoms with Crippen LogP contribution in [0.2, 0.25) is 0 Å². The molecule has 1 aliphatic rings. The Morgan fingerprint density at radius 2 is 2.17 bits per heavy atom. The van der Waals surface area contributed by atoms with E-state index in [0.29, 0.717) is 17.7 Å². The summed E-state index contributed by atoms with van der Waals surface area (Å²) >= 11 is 0. The monoisotopic (exact) mass is 244 g/mol. The zero-order chi connectivity index (χ0) is 13.0. The van der Waals surface area contributed by atoms with E-state index in [9.17, 15) is 4.79 Å². The average Bonchev–Trinajstić information content (AvgIpc) is 2.39. The van der Waals surface area contributed by atoms with E-state index < -0.39 is 0 Å². The summed E-state index contributed by atoms with van der Waals surface area (Å²) in [6, 6.07) is 8.66. The number of ether oxygens (including phenoxy) is 1. The third-order valence-corrected chi connectivity index (χ3v) is 3.13. The number of nitrogens with one attached hydrogen (secondary N) is 1. The van der Waals surface area contributed by atoms with Gasteiger partial charge >= 0.3 is 0 Å². The van der Waals surface area contributed by atoms with Crippen LogP contribution in [0.15, 0.2) is 24.3 Å². The van der Waals surface area contributed by atoms with Gasteiger partial charge in [-0.1, -0.05) is 0 Å². The minimum Gasteiger partial charge on any atom is -0.379 e. The molecule has 1 aromatic rings. The molecule has 4 nitrogen and oxygen atoms in total. The van der Waals surface area contributed by atoms with Crippen molar-refractivity contribution in [3.8, 4) is 6.07 Å². The Labute approximate surface area is 107 Å². The minimum absolute atomic E-state index is 0.118. The Morgan fingerprint density at radius 1 is 1.44 bits per heavy atom. The van der Waals surface area contributed by atoms with Crippen molar-refractivity contribution in [3.05, 3.63) is 35.4 Å². The summed E-state index contributed by atoms with van der Waals surface area (Å²) in [6.07, 6.45) is 1.89. The molecule has 1 fully saturated rings. The average molecular weight is 244 g/mol. The van der Waals surface area contributed by atoms with Crippen molar-refractivity contribution < 1.29 is 9.53 Å². The van der Waals surface area contributed by atoms with Gasteiger partial charge in [0, 0.05) is 12.2 Å². The van der Waals surface area contributed by atoms with Crippen LogP contribution < -0.4 is 5.32 Å². The number of carbonyl (C=O) groups excluding carboxylic acids is 1. The van der Waals surface area contributed by atoms with E-state index in [-0.39, 0.29) is 11.4 Å². The number of nitrogens with zero attached hydrogens (tertiary/aromatic N) is 1. The van der Waals surface area contributed by atoms with Gasteiger partial charge in [-0.2, -0.15) is 5.26 Å². The number of nitriles is 1. The molecular formula is C14H16N2O2. The van der Waals surface area contributed by atoms with Crippen LogP contribution in [0, 0.1) is 11.3 Å². The van der Waals surface area contributed by atoms with E-state index in [1.807, 2.05) is 13.0 Å². The molecule has 0 spiro atoms. The van der Waals surface area contributed by atoms with E-state index in [2.05, 4.69) is 5.32 Å². The second-order valence-corrected chi connectivity index (χ2v) is 4.86. The fraction of sp³-hybridized carbons (Fsp3) is 0.429. The third kappa shape index (κ3) is 2.88. The molecule has 1 amide bonds. The van der Waals surface area contributed by atoms with Crippen LogP contribution in [0.25, 0.3) is 0 Å². The van der Waals surface area contributed by atoms with Crippen LogP contribution >= 0.6 is 0 Å². The largest absolute Gasteiger partial charge is 0.379 e. The summed E-state index contributed by atoms with van der Waals surface area (Å²) in [5.74, 6) is -0.118. The third-order valence-electron chi connectivity index (χ3n) is 3.13. The van der Waals surface area contributed by atoms with Crippen molar-refractivity contribution in [2.75, 3.05) is 13.2 Å². The lowest BCUT2D eigenvalue weighted by Crippen LogP contribution is -2.51. The molecule has 1 aromatic carbocycles. The van der Waals surface area contributed by atoms with Gasteiger partial charge in [-0.25, -0.2) is 0 Å². The zero-order valence-electron chi connectivity index (χ0n) is 10.4. The molecule has 1 atom stereocenters. The van der Waals surface area contributed by atoms with Crippen molar-refractivity contribution in [1.82, 2.24) is 5.32 Å². The van der Waals surface area contributed by atoms with Crippen molar-refractivity contribution in [2.45, 2.75) is 25.3 Å². The summed E-state index contributed by atoms with van der Waals surface area (Å²) in [5.41, 5.74) is 0.836. The van der Waals surface area contributed by atoms with Crippen LogP contribution in [-0.4, -0.2) is 24.7 Å². The van der Waals surface area contributed by atoms with Crippen LogP contribution in [0.4, 0.5) is 0 Å². The van der Waals surface area contributed by atoms with E-state index >= 15 is 0 Å². The molecule has 1 heterocycles. The predicted molar refractivity (Wildman–Crippen MR) is 67.1 cm³/mol. The fourth-order valence-electron chi connectivity index (χ4n) is 2.07. The Hall–Kier alpha value is -1.86. The van der Waals surface area contributed by atoms with E-state index in [0.717, 1.165) is 19.4 Å². The van der Waals surface area contributed by atoms with Crippen LogP contribution in [0.3, 0.4) is 0 Å². The van der Waals surface area contributed by atoms with Crippen molar-refractivity contribution >= 4 is 5.91 Å². The molecule has 1 N–H and O–H groups in total. The van der Waals surface area contributed by atoms with E-state index in [1.54, 1.807) is 24.3 Å². The molecule has 94 valence electrons. The summed E-state index contributed by atoms with van der Waals surface area (Å²) < 4.78 is 5.40. The lowest BCUT2D eigenvalue weighted by Gasteiger charge is -2.34. The van der Waals surface area contributed by atoms with Gasteiger partial charge in [0.2, 0.25) is 0 Å². The van der Waals surface area contributed by atoms with Gasteiger partial charge in [-0.05, 0) is 44.0 Å². The molecule has 1 aliphatic heterocycles. The molecule has 0 bridgehead atoms.